The highest BCUT2D eigenvalue weighted by Gasteiger charge is 2.40. The molecule has 1 fully saturated rings. The monoisotopic (exact) mass is 416 g/mol. The second-order valence-electron chi connectivity index (χ2n) is 7.38. The summed E-state index contributed by atoms with van der Waals surface area (Å²) in [7, 11) is 0. The van der Waals surface area contributed by atoms with Crippen molar-refractivity contribution in [3.8, 4) is 0 Å². The molecule has 2 aromatic rings. The summed E-state index contributed by atoms with van der Waals surface area (Å²) >= 11 is 1.50. The summed E-state index contributed by atoms with van der Waals surface area (Å²) < 4.78 is 15.5. The minimum atomic E-state index is -1.24. The van der Waals surface area contributed by atoms with E-state index in [0.717, 1.165) is 15.0 Å². The number of carboxylic acids is 1. The van der Waals surface area contributed by atoms with E-state index in [1.165, 1.54) is 11.3 Å². The Kier molecular flexibility index (Phi) is 7.34. The van der Waals surface area contributed by atoms with E-state index >= 15 is 0 Å². The quantitative estimate of drug-likeness (QED) is 0.433. The van der Waals surface area contributed by atoms with Gasteiger partial charge >= 0.3 is 5.97 Å². The molecule has 0 saturated heterocycles. The Balaban J connectivity index is 1.61. The lowest BCUT2D eigenvalue weighted by atomic mass is 9.90. The smallest absolute Gasteiger partial charge is 0.303 e. The highest BCUT2D eigenvalue weighted by atomic mass is 32.1. The number of allylic oxidation sites excluding steroid dienone is 3. The van der Waals surface area contributed by atoms with Gasteiger partial charge in [-0.3, -0.25) is 9.59 Å². The molecule has 1 saturated carbocycles. The molecule has 154 valence electrons. The molecular weight excluding hydrogens is 391 g/mol. The average Bonchev–Trinajstić information content (AvgIpc) is 3.23. The van der Waals surface area contributed by atoms with Gasteiger partial charge in [0.05, 0.1) is 0 Å². The molecular formula is C23H25FO4S. The lowest BCUT2D eigenvalue weighted by Crippen LogP contribution is -2.16. The third-order valence-electron chi connectivity index (χ3n) is 5.26. The van der Waals surface area contributed by atoms with Crippen molar-refractivity contribution in [2.45, 2.75) is 44.4 Å². The number of halogens is 1. The van der Waals surface area contributed by atoms with Gasteiger partial charge in [0.1, 0.15) is 18.1 Å². The van der Waals surface area contributed by atoms with Crippen molar-refractivity contribution in [3.63, 3.8) is 0 Å². The van der Waals surface area contributed by atoms with Gasteiger partial charge in [0.2, 0.25) is 0 Å². The topological polar surface area (TPSA) is 74.6 Å². The van der Waals surface area contributed by atoms with Crippen LogP contribution in [-0.2, 0) is 9.59 Å². The SMILES string of the molecule is O=C(O)CCCC=CC[C@H]1C(=O)C[C@H](F)[C@@H]1C=C[C@@H](O)c1cc2ccccc2s1. The van der Waals surface area contributed by atoms with Gasteiger partial charge in [-0.2, -0.15) is 0 Å². The maximum Gasteiger partial charge on any atom is 0.303 e. The average molecular weight is 417 g/mol. The Hall–Kier alpha value is -2.31. The summed E-state index contributed by atoms with van der Waals surface area (Å²) in [5.74, 6) is -1.91. The Bertz CT molecular complexity index is 883. The second kappa shape index (κ2) is 9.94. The van der Waals surface area contributed by atoms with Crippen LogP contribution >= 0.6 is 11.3 Å². The minimum Gasteiger partial charge on any atom is -0.481 e. The molecule has 0 amide bonds. The van der Waals surface area contributed by atoms with Crippen LogP contribution in [0.2, 0.25) is 0 Å². The highest BCUT2D eigenvalue weighted by Crippen LogP contribution is 2.37. The summed E-state index contributed by atoms with van der Waals surface area (Å²) in [4.78, 5) is 23.5. The molecule has 4 atom stereocenters. The molecule has 1 aromatic carbocycles. The summed E-state index contributed by atoms with van der Waals surface area (Å²) in [5.41, 5.74) is 0. The van der Waals surface area contributed by atoms with Gasteiger partial charge in [-0.05, 0) is 36.8 Å². The van der Waals surface area contributed by atoms with E-state index in [2.05, 4.69) is 0 Å². The normalized spacial score (nSPS) is 23.5. The van der Waals surface area contributed by atoms with Crippen LogP contribution < -0.4 is 0 Å². The molecule has 3 rings (SSSR count). The maximum absolute atomic E-state index is 14.4. The molecule has 1 aromatic heterocycles. The van der Waals surface area contributed by atoms with Crippen LogP contribution in [0, 0.1) is 11.8 Å². The van der Waals surface area contributed by atoms with Crippen LogP contribution in [0.5, 0.6) is 0 Å². The van der Waals surface area contributed by atoms with E-state index in [1.54, 1.807) is 12.2 Å². The van der Waals surface area contributed by atoms with E-state index < -0.39 is 30.1 Å². The minimum absolute atomic E-state index is 0.0918. The number of aliphatic hydroxyl groups excluding tert-OH is 1. The van der Waals surface area contributed by atoms with Crippen molar-refractivity contribution in [2.75, 3.05) is 0 Å². The van der Waals surface area contributed by atoms with Crippen molar-refractivity contribution < 1.29 is 24.2 Å². The number of unbranched alkanes of at least 4 members (excludes halogenated alkanes) is 1. The van der Waals surface area contributed by atoms with Crippen molar-refractivity contribution in [1.82, 2.24) is 0 Å². The number of carbonyl (C=O) groups excluding carboxylic acids is 1. The molecule has 0 aliphatic heterocycles. The molecule has 1 aliphatic rings. The molecule has 1 aliphatic carbocycles. The van der Waals surface area contributed by atoms with Gasteiger partial charge in [0.25, 0.3) is 0 Å². The first-order valence-electron chi connectivity index (χ1n) is 9.84. The first-order chi connectivity index (χ1) is 14.0. The first-order valence-corrected chi connectivity index (χ1v) is 10.7. The van der Waals surface area contributed by atoms with Crippen LogP contribution in [0.15, 0.2) is 54.6 Å². The van der Waals surface area contributed by atoms with E-state index in [-0.39, 0.29) is 18.6 Å². The maximum atomic E-state index is 14.4. The summed E-state index contributed by atoms with van der Waals surface area (Å²) in [6.45, 7) is 0. The Morgan fingerprint density at radius 3 is 2.86 bits per heavy atom. The van der Waals surface area contributed by atoms with E-state index in [9.17, 15) is 19.1 Å². The van der Waals surface area contributed by atoms with Crippen LogP contribution in [-0.4, -0.2) is 28.1 Å². The van der Waals surface area contributed by atoms with Gasteiger partial charge in [0.15, 0.2) is 0 Å². The van der Waals surface area contributed by atoms with Crippen LogP contribution in [0.25, 0.3) is 10.1 Å². The molecule has 0 bridgehead atoms. The van der Waals surface area contributed by atoms with Crippen molar-refractivity contribution in [3.05, 3.63) is 59.5 Å². The molecule has 0 spiro atoms. The molecule has 29 heavy (non-hydrogen) atoms. The lowest BCUT2D eigenvalue weighted by molar-refractivity contribution is -0.137. The number of hydrogen-bond donors (Lipinski definition) is 2. The standard InChI is InChI=1S/C23H25FO4S/c24-18-14-20(26)17(8-3-1-2-4-10-23(27)28)16(18)11-12-19(25)22-13-15-7-5-6-9-21(15)29-22/h1,3,5-7,9,11-13,16-19,25H,2,4,8,10,14H2,(H,27,28)/t16-,17-,18+,19-/m1/s1. The van der Waals surface area contributed by atoms with Gasteiger partial charge in [-0.15, -0.1) is 11.3 Å². The first kappa shape index (κ1) is 21.4. The zero-order chi connectivity index (χ0) is 20.8. The highest BCUT2D eigenvalue weighted by molar-refractivity contribution is 7.19. The fourth-order valence-corrected chi connectivity index (χ4v) is 4.73. The number of carbonyl (C=O) groups is 2. The third kappa shape index (κ3) is 5.61. The van der Waals surface area contributed by atoms with Gasteiger partial charge in [-0.1, -0.05) is 42.5 Å². The second-order valence-corrected chi connectivity index (χ2v) is 8.50. The van der Waals surface area contributed by atoms with Crippen molar-refractivity contribution in [2.24, 2.45) is 11.8 Å². The number of aliphatic carboxylic acids is 1. The largest absolute Gasteiger partial charge is 0.481 e. The molecule has 0 radical (unpaired) electrons. The predicted molar refractivity (Wildman–Crippen MR) is 113 cm³/mol. The number of ketones is 1. The Morgan fingerprint density at radius 2 is 2.10 bits per heavy atom. The Morgan fingerprint density at radius 1 is 1.31 bits per heavy atom. The van der Waals surface area contributed by atoms with Crippen molar-refractivity contribution in [1.29, 1.82) is 0 Å². The summed E-state index contributed by atoms with van der Waals surface area (Å²) in [5, 5.41) is 20.2. The van der Waals surface area contributed by atoms with Crippen molar-refractivity contribution >= 4 is 33.2 Å². The number of rotatable bonds is 9. The lowest BCUT2D eigenvalue weighted by Gasteiger charge is -2.15. The van der Waals surface area contributed by atoms with E-state index in [0.29, 0.717) is 19.3 Å². The third-order valence-corrected chi connectivity index (χ3v) is 6.45. The number of Topliss-reactive ketones (excluding diaryl/α,β-unsaturated/α-hetero) is 1. The molecule has 1 heterocycles. The predicted octanol–water partition coefficient (Wildman–Crippen LogP) is 5.24. The number of hydrogen-bond acceptors (Lipinski definition) is 4. The number of carboxylic acid groups (broad SMARTS) is 1. The van der Waals surface area contributed by atoms with Crippen LogP contribution in [0.1, 0.15) is 43.1 Å². The number of aliphatic hydroxyl groups is 1. The zero-order valence-electron chi connectivity index (χ0n) is 16.0. The number of fused-ring (bicyclic) bond motifs is 1. The van der Waals surface area contributed by atoms with E-state index in [1.807, 2.05) is 42.5 Å². The summed E-state index contributed by atoms with van der Waals surface area (Å²) in [6, 6.07) is 9.80. The molecule has 6 heteroatoms. The number of alkyl halides is 1. The van der Waals surface area contributed by atoms with Gasteiger partial charge in [0, 0.05) is 34.3 Å². The molecule has 4 nitrogen and oxygen atoms in total. The van der Waals surface area contributed by atoms with E-state index in [4.69, 9.17) is 5.11 Å². The fraction of sp³-hybridized carbons (Fsp3) is 0.391. The zero-order valence-corrected chi connectivity index (χ0v) is 16.9. The van der Waals surface area contributed by atoms with Crippen LogP contribution in [0.3, 0.4) is 0 Å². The fourth-order valence-electron chi connectivity index (χ4n) is 3.70. The number of thiophene rings is 1. The van der Waals surface area contributed by atoms with Crippen LogP contribution in [0.4, 0.5) is 4.39 Å². The molecule has 2 N–H and O–H groups in total. The molecule has 0 unspecified atom stereocenters. The number of benzene rings is 1. The Labute approximate surface area is 173 Å². The summed E-state index contributed by atoms with van der Waals surface area (Å²) in [6.07, 6.45) is 6.48. The van der Waals surface area contributed by atoms with Gasteiger partial charge < -0.3 is 10.2 Å². The van der Waals surface area contributed by atoms with Gasteiger partial charge in [-0.25, -0.2) is 4.39 Å².